The summed E-state index contributed by atoms with van der Waals surface area (Å²) in [6.45, 7) is 12.1. The lowest BCUT2D eigenvalue weighted by atomic mass is 9.88. The minimum Gasteiger partial charge on any atom is -0.378 e. The molecule has 1 aliphatic carbocycles. The van der Waals surface area contributed by atoms with Crippen LogP contribution in [-0.2, 0) is 14.3 Å². The Morgan fingerprint density at radius 3 is 2.50 bits per heavy atom. The molecule has 0 bridgehead atoms. The van der Waals surface area contributed by atoms with Gasteiger partial charge in [-0.25, -0.2) is 0 Å². The fourth-order valence-corrected chi connectivity index (χ4v) is 5.20. The van der Waals surface area contributed by atoms with Crippen LogP contribution in [0, 0.1) is 0 Å². The van der Waals surface area contributed by atoms with E-state index >= 15 is 0 Å². The Morgan fingerprint density at radius 1 is 1.10 bits per heavy atom. The van der Waals surface area contributed by atoms with E-state index in [4.69, 9.17) is 4.74 Å². The van der Waals surface area contributed by atoms with Crippen molar-refractivity contribution in [2.75, 3.05) is 26.2 Å². The summed E-state index contributed by atoms with van der Waals surface area (Å²) in [5.74, 6) is 0.0455. The highest BCUT2D eigenvalue weighted by Crippen LogP contribution is 2.38. The van der Waals surface area contributed by atoms with Gasteiger partial charge in [0.05, 0.1) is 18.6 Å². The Hall–Kier alpha value is -1.40. The van der Waals surface area contributed by atoms with Crippen LogP contribution >= 0.6 is 0 Å². The van der Waals surface area contributed by atoms with E-state index in [0.29, 0.717) is 25.3 Å². The van der Waals surface area contributed by atoms with Gasteiger partial charge in [0.1, 0.15) is 0 Å². The van der Waals surface area contributed by atoms with Gasteiger partial charge in [0.25, 0.3) is 5.91 Å². The standard InChI is InChI=1S/C24H41N3O3/c1-17(2)26-13-10-19(11-14-26)30-15-7-12-25-23(28)16-21-20-8-5-6-9-22(20)27(18(3)4)24(21)29/h17-19,22H,5-16H2,1-4H3,(H,25,28). The molecule has 2 fully saturated rings. The summed E-state index contributed by atoms with van der Waals surface area (Å²) >= 11 is 0. The van der Waals surface area contributed by atoms with E-state index < -0.39 is 0 Å². The molecule has 1 saturated carbocycles. The zero-order chi connectivity index (χ0) is 21.7. The summed E-state index contributed by atoms with van der Waals surface area (Å²) in [6, 6.07) is 1.02. The molecule has 2 aliphatic heterocycles. The number of nitrogens with zero attached hydrogens (tertiary/aromatic N) is 2. The molecule has 3 rings (SSSR count). The lowest BCUT2D eigenvalue weighted by Gasteiger charge is -2.34. The lowest BCUT2D eigenvalue weighted by molar-refractivity contribution is -0.130. The van der Waals surface area contributed by atoms with E-state index in [0.717, 1.165) is 57.2 Å². The number of piperidine rings is 1. The molecule has 1 saturated heterocycles. The van der Waals surface area contributed by atoms with Crippen LogP contribution in [0.2, 0.25) is 0 Å². The second-order valence-electron chi connectivity index (χ2n) is 9.65. The van der Waals surface area contributed by atoms with Crippen LogP contribution in [0.3, 0.4) is 0 Å². The van der Waals surface area contributed by atoms with Crippen LogP contribution in [-0.4, -0.2) is 72.1 Å². The SMILES string of the molecule is CC(C)N1CCC(OCCCNC(=O)CC2=C3CCCCC3N(C(C)C)C2=O)CC1. The van der Waals surface area contributed by atoms with Gasteiger partial charge in [-0.1, -0.05) is 6.42 Å². The molecule has 0 radical (unpaired) electrons. The molecule has 30 heavy (non-hydrogen) atoms. The molecule has 6 nitrogen and oxygen atoms in total. The molecular formula is C24H41N3O3. The smallest absolute Gasteiger partial charge is 0.251 e. The van der Waals surface area contributed by atoms with Crippen molar-refractivity contribution in [3.05, 3.63) is 11.1 Å². The summed E-state index contributed by atoms with van der Waals surface area (Å²) in [6.07, 6.45) is 7.88. The second-order valence-corrected chi connectivity index (χ2v) is 9.65. The van der Waals surface area contributed by atoms with Gasteiger partial charge >= 0.3 is 0 Å². The number of amides is 2. The summed E-state index contributed by atoms with van der Waals surface area (Å²) in [4.78, 5) is 29.9. The summed E-state index contributed by atoms with van der Waals surface area (Å²) < 4.78 is 6.01. The zero-order valence-electron chi connectivity index (χ0n) is 19.4. The first-order chi connectivity index (χ1) is 14.4. The van der Waals surface area contributed by atoms with Gasteiger partial charge in [0, 0.05) is 43.9 Å². The summed E-state index contributed by atoms with van der Waals surface area (Å²) in [7, 11) is 0. The maximum atomic E-state index is 12.9. The van der Waals surface area contributed by atoms with Crippen LogP contribution in [0.25, 0.3) is 0 Å². The normalized spacial score (nSPS) is 23.6. The molecule has 2 amide bonds. The average Bonchev–Trinajstić information content (AvgIpc) is 3.00. The molecule has 2 heterocycles. The lowest BCUT2D eigenvalue weighted by Crippen LogP contribution is -2.41. The van der Waals surface area contributed by atoms with Crippen molar-refractivity contribution >= 4 is 11.8 Å². The maximum absolute atomic E-state index is 12.9. The number of hydrogen-bond donors (Lipinski definition) is 1. The van der Waals surface area contributed by atoms with Gasteiger partial charge in [0.15, 0.2) is 0 Å². The second kappa shape index (κ2) is 10.8. The Labute approximate surface area is 182 Å². The van der Waals surface area contributed by atoms with E-state index in [9.17, 15) is 9.59 Å². The van der Waals surface area contributed by atoms with Crippen LogP contribution in [0.4, 0.5) is 0 Å². The third-order valence-corrected chi connectivity index (χ3v) is 6.89. The highest BCUT2D eigenvalue weighted by Gasteiger charge is 2.41. The van der Waals surface area contributed by atoms with E-state index in [1.165, 1.54) is 12.0 Å². The average molecular weight is 420 g/mol. The molecule has 0 aromatic rings. The predicted molar refractivity (Wildman–Crippen MR) is 119 cm³/mol. The molecule has 170 valence electrons. The zero-order valence-corrected chi connectivity index (χ0v) is 19.4. The first-order valence-corrected chi connectivity index (χ1v) is 12.1. The van der Waals surface area contributed by atoms with Gasteiger partial charge in [-0.2, -0.15) is 0 Å². The third kappa shape index (κ3) is 5.64. The van der Waals surface area contributed by atoms with Gasteiger partial charge in [-0.05, 0) is 71.8 Å². The van der Waals surface area contributed by atoms with Gasteiger partial charge in [0.2, 0.25) is 5.91 Å². The quantitative estimate of drug-likeness (QED) is 0.583. The van der Waals surface area contributed by atoms with Crippen molar-refractivity contribution in [1.82, 2.24) is 15.1 Å². The molecule has 1 N–H and O–H groups in total. The number of fused-ring (bicyclic) bond motifs is 1. The molecular weight excluding hydrogens is 378 g/mol. The van der Waals surface area contributed by atoms with Crippen LogP contribution in [0.1, 0.15) is 79.1 Å². The summed E-state index contributed by atoms with van der Waals surface area (Å²) in [5, 5.41) is 3.00. The first kappa shape index (κ1) is 23.3. The summed E-state index contributed by atoms with van der Waals surface area (Å²) in [5.41, 5.74) is 1.99. The third-order valence-electron chi connectivity index (χ3n) is 6.89. The fraction of sp³-hybridized carbons (Fsp3) is 0.833. The van der Waals surface area contributed by atoms with E-state index in [1.807, 2.05) is 4.90 Å². The molecule has 1 atom stereocenters. The Bertz CT molecular complexity index is 636. The minimum absolute atomic E-state index is 0.0361. The number of carbonyl (C=O) groups excluding carboxylic acids is 2. The number of hydrogen-bond acceptors (Lipinski definition) is 4. The monoisotopic (exact) mass is 419 g/mol. The molecule has 1 unspecified atom stereocenters. The van der Waals surface area contributed by atoms with E-state index in [2.05, 4.69) is 37.9 Å². The number of ether oxygens (including phenoxy) is 1. The van der Waals surface area contributed by atoms with Crippen molar-refractivity contribution in [1.29, 1.82) is 0 Å². The van der Waals surface area contributed by atoms with Crippen LogP contribution in [0.15, 0.2) is 11.1 Å². The van der Waals surface area contributed by atoms with Crippen molar-refractivity contribution in [2.45, 2.75) is 103 Å². The predicted octanol–water partition coefficient (Wildman–Crippen LogP) is 3.26. The van der Waals surface area contributed by atoms with E-state index in [-0.39, 0.29) is 30.3 Å². The van der Waals surface area contributed by atoms with Crippen molar-refractivity contribution in [3.8, 4) is 0 Å². The Morgan fingerprint density at radius 2 is 1.83 bits per heavy atom. The van der Waals surface area contributed by atoms with Gasteiger partial charge in [-0.3, -0.25) is 9.59 Å². The largest absolute Gasteiger partial charge is 0.378 e. The Kier molecular flexibility index (Phi) is 8.35. The van der Waals surface area contributed by atoms with Crippen molar-refractivity contribution in [2.24, 2.45) is 0 Å². The van der Waals surface area contributed by atoms with E-state index in [1.54, 1.807) is 0 Å². The number of rotatable bonds is 9. The molecule has 0 aromatic heterocycles. The number of carbonyl (C=O) groups is 2. The van der Waals surface area contributed by atoms with Crippen molar-refractivity contribution < 1.29 is 14.3 Å². The maximum Gasteiger partial charge on any atom is 0.251 e. The topological polar surface area (TPSA) is 61.9 Å². The van der Waals surface area contributed by atoms with Crippen LogP contribution < -0.4 is 5.32 Å². The fourth-order valence-electron chi connectivity index (χ4n) is 5.20. The molecule has 0 spiro atoms. The Balaban J connectivity index is 1.37. The van der Waals surface area contributed by atoms with Gasteiger partial charge < -0.3 is 19.9 Å². The minimum atomic E-state index is -0.0361. The molecule has 0 aromatic carbocycles. The molecule has 3 aliphatic rings. The first-order valence-electron chi connectivity index (χ1n) is 12.1. The number of likely N-dealkylation sites (tertiary alicyclic amines) is 1. The van der Waals surface area contributed by atoms with Crippen molar-refractivity contribution in [3.63, 3.8) is 0 Å². The molecule has 6 heteroatoms. The van der Waals surface area contributed by atoms with Crippen LogP contribution in [0.5, 0.6) is 0 Å². The highest BCUT2D eigenvalue weighted by molar-refractivity contribution is 6.02. The number of nitrogens with one attached hydrogen (secondary N) is 1. The van der Waals surface area contributed by atoms with Gasteiger partial charge in [-0.15, -0.1) is 0 Å². The highest BCUT2D eigenvalue weighted by atomic mass is 16.5.